The summed E-state index contributed by atoms with van der Waals surface area (Å²) in [4.78, 5) is 12.3. The highest BCUT2D eigenvalue weighted by molar-refractivity contribution is 5.82. The second-order valence-electron chi connectivity index (χ2n) is 6.33. The molecule has 1 heterocycles. The summed E-state index contributed by atoms with van der Waals surface area (Å²) in [7, 11) is 0. The first-order chi connectivity index (χ1) is 12.8. The van der Waals surface area contributed by atoms with Crippen molar-refractivity contribution in [1.82, 2.24) is 25.5 Å². The van der Waals surface area contributed by atoms with E-state index in [1.807, 2.05) is 48.5 Å². The molecule has 0 radical (unpaired) electrons. The van der Waals surface area contributed by atoms with Crippen LogP contribution in [0.1, 0.15) is 17.9 Å². The molecule has 1 aromatic heterocycles. The molecule has 2 aromatic carbocycles. The first-order valence-corrected chi connectivity index (χ1v) is 8.73. The van der Waals surface area contributed by atoms with Crippen LogP contribution in [-0.4, -0.2) is 39.2 Å². The van der Waals surface area contributed by atoms with Crippen molar-refractivity contribution in [2.75, 3.05) is 18.4 Å². The predicted molar refractivity (Wildman–Crippen MR) is 97.9 cm³/mol. The molecule has 26 heavy (non-hydrogen) atoms. The SMILES string of the molecule is O=C(NCCNc1nnnn1-c1ccccc1)[C@H]1C[C@@H]1c1ccccc1. The van der Waals surface area contributed by atoms with Crippen LogP contribution in [0.2, 0.25) is 0 Å². The van der Waals surface area contributed by atoms with Gasteiger partial charge in [0.2, 0.25) is 11.9 Å². The molecule has 7 heteroatoms. The lowest BCUT2D eigenvalue weighted by atomic mass is 10.1. The molecule has 1 aliphatic rings. The van der Waals surface area contributed by atoms with Crippen molar-refractivity contribution in [1.29, 1.82) is 0 Å². The van der Waals surface area contributed by atoms with Gasteiger partial charge >= 0.3 is 0 Å². The van der Waals surface area contributed by atoms with E-state index >= 15 is 0 Å². The maximum atomic E-state index is 12.3. The number of amides is 1. The number of nitrogens with zero attached hydrogens (tertiary/aromatic N) is 4. The Bertz CT molecular complexity index is 864. The van der Waals surface area contributed by atoms with Gasteiger partial charge in [-0.2, -0.15) is 4.68 Å². The second kappa shape index (κ2) is 7.35. The van der Waals surface area contributed by atoms with Crippen molar-refractivity contribution in [3.8, 4) is 5.69 Å². The van der Waals surface area contributed by atoms with E-state index in [1.54, 1.807) is 4.68 Å². The van der Waals surface area contributed by atoms with Crippen molar-refractivity contribution in [3.05, 3.63) is 66.2 Å². The summed E-state index contributed by atoms with van der Waals surface area (Å²) in [6, 6.07) is 19.9. The maximum Gasteiger partial charge on any atom is 0.247 e. The van der Waals surface area contributed by atoms with E-state index in [-0.39, 0.29) is 11.8 Å². The molecule has 7 nitrogen and oxygen atoms in total. The minimum absolute atomic E-state index is 0.0899. The minimum Gasteiger partial charge on any atom is -0.354 e. The van der Waals surface area contributed by atoms with Crippen LogP contribution in [-0.2, 0) is 4.79 Å². The third-order valence-electron chi connectivity index (χ3n) is 4.53. The number of hydrogen-bond acceptors (Lipinski definition) is 5. The summed E-state index contributed by atoms with van der Waals surface area (Å²) in [5.41, 5.74) is 2.13. The topological polar surface area (TPSA) is 84.7 Å². The molecule has 0 unspecified atom stereocenters. The van der Waals surface area contributed by atoms with Gasteiger partial charge in [-0.05, 0) is 40.5 Å². The molecule has 1 aliphatic carbocycles. The van der Waals surface area contributed by atoms with E-state index in [1.165, 1.54) is 5.56 Å². The number of carbonyl (C=O) groups is 1. The molecule has 1 fully saturated rings. The van der Waals surface area contributed by atoms with E-state index < -0.39 is 0 Å². The molecule has 2 atom stereocenters. The third kappa shape index (κ3) is 3.56. The molecular formula is C19H20N6O. The van der Waals surface area contributed by atoms with Gasteiger partial charge in [0.15, 0.2) is 0 Å². The highest BCUT2D eigenvalue weighted by Gasteiger charge is 2.43. The fourth-order valence-corrected chi connectivity index (χ4v) is 3.08. The Balaban J connectivity index is 1.24. The Kier molecular flexibility index (Phi) is 4.59. The maximum absolute atomic E-state index is 12.3. The van der Waals surface area contributed by atoms with Gasteiger partial charge in [0, 0.05) is 19.0 Å². The molecule has 0 spiro atoms. The lowest BCUT2D eigenvalue weighted by Crippen LogP contribution is -2.30. The summed E-state index contributed by atoms with van der Waals surface area (Å²) in [5.74, 6) is 1.11. The van der Waals surface area contributed by atoms with Gasteiger partial charge in [0.1, 0.15) is 0 Å². The summed E-state index contributed by atoms with van der Waals surface area (Å²) < 4.78 is 1.63. The number of nitrogens with one attached hydrogen (secondary N) is 2. The van der Waals surface area contributed by atoms with Crippen LogP contribution in [0, 0.1) is 5.92 Å². The Morgan fingerprint density at radius 3 is 2.54 bits per heavy atom. The molecule has 1 saturated carbocycles. The Labute approximate surface area is 151 Å². The van der Waals surface area contributed by atoms with Crippen LogP contribution in [0.15, 0.2) is 60.7 Å². The van der Waals surface area contributed by atoms with Gasteiger partial charge in [-0.25, -0.2) is 0 Å². The highest BCUT2D eigenvalue weighted by atomic mass is 16.2. The number of carbonyl (C=O) groups excluding carboxylic acids is 1. The van der Waals surface area contributed by atoms with Gasteiger partial charge in [0.25, 0.3) is 0 Å². The van der Waals surface area contributed by atoms with Crippen LogP contribution >= 0.6 is 0 Å². The van der Waals surface area contributed by atoms with E-state index in [2.05, 4.69) is 38.3 Å². The minimum atomic E-state index is 0.0899. The van der Waals surface area contributed by atoms with Crippen molar-refractivity contribution >= 4 is 11.9 Å². The standard InChI is InChI=1S/C19H20N6O/c26-18(17-13-16(17)14-7-3-1-4-8-14)20-11-12-21-19-22-23-24-25(19)15-9-5-2-6-10-15/h1-10,16-17H,11-13H2,(H,20,26)(H,21,22,24)/t16-,17+/m1/s1. The summed E-state index contributed by atoms with van der Waals surface area (Å²) >= 11 is 0. The fraction of sp³-hybridized carbons (Fsp3) is 0.263. The monoisotopic (exact) mass is 348 g/mol. The smallest absolute Gasteiger partial charge is 0.247 e. The van der Waals surface area contributed by atoms with Crippen molar-refractivity contribution in [2.24, 2.45) is 5.92 Å². The largest absolute Gasteiger partial charge is 0.354 e. The van der Waals surface area contributed by atoms with Gasteiger partial charge < -0.3 is 10.6 Å². The average Bonchev–Trinajstić information content (AvgIpc) is 3.37. The summed E-state index contributed by atoms with van der Waals surface area (Å²) in [6.07, 6.45) is 0.926. The van der Waals surface area contributed by atoms with Crippen LogP contribution in [0.4, 0.5) is 5.95 Å². The quantitative estimate of drug-likeness (QED) is 0.638. The Morgan fingerprint density at radius 2 is 1.77 bits per heavy atom. The van der Waals surface area contributed by atoms with Gasteiger partial charge in [-0.15, -0.1) is 0 Å². The van der Waals surface area contributed by atoms with Crippen molar-refractivity contribution in [3.63, 3.8) is 0 Å². The lowest BCUT2D eigenvalue weighted by molar-refractivity contribution is -0.122. The number of hydrogen-bond donors (Lipinski definition) is 2. The molecule has 4 rings (SSSR count). The Morgan fingerprint density at radius 1 is 1.04 bits per heavy atom. The van der Waals surface area contributed by atoms with Gasteiger partial charge in [0.05, 0.1) is 5.69 Å². The summed E-state index contributed by atoms with van der Waals surface area (Å²) in [5, 5.41) is 17.8. The zero-order valence-electron chi connectivity index (χ0n) is 14.2. The van der Waals surface area contributed by atoms with Crippen molar-refractivity contribution in [2.45, 2.75) is 12.3 Å². The highest BCUT2D eigenvalue weighted by Crippen LogP contribution is 2.47. The average molecular weight is 348 g/mol. The molecule has 2 N–H and O–H groups in total. The van der Waals surface area contributed by atoms with E-state index in [0.717, 1.165) is 12.1 Å². The number of benzene rings is 2. The number of aromatic nitrogens is 4. The molecule has 0 saturated heterocycles. The number of rotatable bonds is 7. The molecule has 132 valence electrons. The zero-order chi connectivity index (χ0) is 17.8. The van der Waals surface area contributed by atoms with E-state index in [9.17, 15) is 4.79 Å². The van der Waals surface area contributed by atoms with E-state index in [0.29, 0.717) is 25.0 Å². The van der Waals surface area contributed by atoms with Gasteiger partial charge in [-0.3, -0.25) is 4.79 Å². The Hall–Kier alpha value is -3.22. The first-order valence-electron chi connectivity index (χ1n) is 8.73. The first kappa shape index (κ1) is 16.3. The van der Waals surface area contributed by atoms with Crippen LogP contribution in [0.3, 0.4) is 0 Å². The summed E-state index contributed by atoms with van der Waals surface area (Å²) in [6.45, 7) is 1.08. The third-order valence-corrected chi connectivity index (χ3v) is 4.53. The molecule has 0 bridgehead atoms. The number of tetrazole rings is 1. The van der Waals surface area contributed by atoms with Crippen LogP contribution < -0.4 is 10.6 Å². The fourth-order valence-electron chi connectivity index (χ4n) is 3.08. The molecule has 1 amide bonds. The lowest BCUT2D eigenvalue weighted by Gasteiger charge is -2.08. The predicted octanol–water partition coefficient (Wildman–Crippen LogP) is 1.99. The molecular weight excluding hydrogens is 328 g/mol. The van der Waals surface area contributed by atoms with Gasteiger partial charge in [-0.1, -0.05) is 53.6 Å². The second-order valence-corrected chi connectivity index (χ2v) is 6.33. The van der Waals surface area contributed by atoms with Crippen molar-refractivity contribution < 1.29 is 4.79 Å². The van der Waals surface area contributed by atoms with Crippen LogP contribution in [0.5, 0.6) is 0 Å². The normalized spacial score (nSPS) is 18.3. The van der Waals surface area contributed by atoms with E-state index in [4.69, 9.17) is 0 Å². The molecule has 3 aromatic rings. The number of anilines is 1. The molecule has 0 aliphatic heterocycles. The van der Waals surface area contributed by atoms with Crippen LogP contribution in [0.25, 0.3) is 5.69 Å². The zero-order valence-corrected chi connectivity index (χ0v) is 14.2. The number of para-hydroxylation sites is 1.